The molecule has 0 aliphatic heterocycles. The molecule has 1 aromatic heterocycles. The average molecular weight is 188 g/mol. The molecule has 0 bridgehead atoms. The lowest BCUT2D eigenvalue weighted by Crippen LogP contribution is -1.97. The number of carbonyl (C=O) groups is 1. The van der Waals surface area contributed by atoms with Crippen molar-refractivity contribution in [3.63, 3.8) is 0 Å². The Morgan fingerprint density at radius 1 is 1.43 bits per heavy atom. The zero-order valence-electron chi connectivity index (χ0n) is 8.10. The predicted molar refractivity (Wildman–Crippen MR) is 55.2 cm³/mol. The molecule has 72 valence electrons. The van der Waals surface area contributed by atoms with E-state index in [2.05, 4.69) is 5.10 Å². The van der Waals surface area contributed by atoms with Crippen molar-refractivity contribution in [1.82, 2.24) is 9.78 Å². The van der Waals surface area contributed by atoms with Crippen molar-refractivity contribution in [3.8, 4) is 0 Å². The summed E-state index contributed by atoms with van der Waals surface area (Å²) in [5, 5.41) is 5.47. The Morgan fingerprint density at radius 3 is 2.93 bits per heavy atom. The number of carbonyl (C=O) groups excluding carboxylic acids is 1. The van der Waals surface area contributed by atoms with Crippen LogP contribution in [0.3, 0.4) is 0 Å². The zero-order chi connectivity index (χ0) is 9.97. The molecule has 3 heteroatoms. The smallest absolute Gasteiger partial charge is 0.126 e. The first-order valence-electron chi connectivity index (χ1n) is 4.75. The number of aromatic nitrogens is 2. The third-order valence-electron chi connectivity index (χ3n) is 2.31. The Balaban J connectivity index is 2.66. The SMILES string of the molecule is CCn1nc(CC=O)c2ccccc21. The average Bonchev–Trinajstić information content (AvgIpc) is 2.58. The first-order chi connectivity index (χ1) is 6.86. The quantitative estimate of drug-likeness (QED) is 0.688. The second kappa shape index (κ2) is 3.62. The summed E-state index contributed by atoms with van der Waals surface area (Å²) in [6, 6.07) is 7.99. The fourth-order valence-corrected chi connectivity index (χ4v) is 1.67. The highest BCUT2D eigenvalue weighted by molar-refractivity contribution is 5.83. The largest absolute Gasteiger partial charge is 0.303 e. The maximum Gasteiger partial charge on any atom is 0.126 e. The summed E-state index contributed by atoms with van der Waals surface area (Å²) in [7, 11) is 0. The molecule has 0 saturated heterocycles. The van der Waals surface area contributed by atoms with Gasteiger partial charge >= 0.3 is 0 Å². The first kappa shape index (κ1) is 8.94. The molecule has 0 radical (unpaired) electrons. The van der Waals surface area contributed by atoms with Gasteiger partial charge in [-0.15, -0.1) is 0 Å². The zero-order valence-corrected chi connectivity index (χ0v) is 8.10. The molecule has 0 saturated carbocycles. The fourth-order valence-electron chi connectivity index (χ4n) is 1.67. The topological polar surface area (TPSA) is 34.9 Å². The summed E-state index contributed by atoms with van der Waals surface area (Å²) in [5.41, 5.74) is 1.98. The van der Waals surface area contributed by atoms with Gasteiger partial charge < -0.3 is 4.79 Å². The van der Waals surface area contributed by atoms with Crippen LogP contribution in [0, 0.1) is 0 Å². The highest BCUT2D eigenvalue weighted by atomic mass is 16.1. The van der Waals surface area contributed by atoms with Crippen LogP contribution in [-0.2, 0) is 17.8 Å². The Labute approximate surface area is 82.3 Å². The molecular formula is C11H12N2O. The molecule has 0 spiro atoms. The Bertz CT molecular complexity index is 459. The molecule has 0 aliphatic rings. The van der Waals surface area contributed by atoms with Gasteiger partial charge in [0.2, 0.25) is 0 Å². The third-order valence-corrected chi connectivity index (χ3v) is 2.31. The fraction of sp³-hybridized carbons (Fsp3) is 0.273. The summed E-state index contributed by atoms with van der Waals surface area (Å²) in [6.07, 6.45) is 1.29. The summed E-state index contributed by atoms with van der Waals surface area (Å²) < 4.78 is 1.92. The normalized spacial score (nSPS) is 10.6. The molecule has 0 N–H and O–H groups in total. The van der Waals surface area contributed by atoms with Crippen molar-refractivity contribution >= 4 is 17.2 Å². The van der Waals surface area contributed by atoms with Crippen molar-refractivity contribution in [2.24, 2.45) is 0 Å². The van der Waals surface area contributed by atoms with Crippen molar-refractivity contribution < 1.29 is 4.79 Å². The third kappa shape index (κ3) is 1.31. The number of nitrogens with zero attached hydrogens (tertiary/aromatic N) is 2. The lowest BCUT2D eigenvalue weighted by molar-refractivity contribution is -0.107. The number of hydrogen-bond donors (Lipinski definition) is 0. The molecule has 0 atom stereocenters. The summed E-state index contributed by atoms with van der Waals surface area (Å²) in [4.78, 5) is 10.5. The van der Waals surface area contributed by atoms with E-state index in [0.717, 1.165) is 29.4 Å². The van der Waals surface area contributed by atoms with Gasteiger partial charge in [-0.3, -0.25) is 4.68 Å². The number of rotatable bonds is 3. The van der Waals surface area contributed by atoms with Gasteiger partial charge in [0.25, 0.3) is 0 Å². The first-order valence-corrected chi connectivity index (χ1v) is 4.75. The molecule has 0 aliphatic carbocycles. The maximum atomic E-state index is 10.5. The van der Waals surface area contributed by atoms with E-state index >= 15 is 0 Å². The van der Waals surface area contributed by atoms with Gasteiger partial charge in [0.15, 0.2) is 0 Å². The van der Waals surface area contributed by atoms with Crippen LogP contribution in [0.5, 0.6) is 0 Å². The van der Waals surface area contributed by atoms with Crippen LogP contribution >= 0.6 is 0 Å². The molecule has 1 aromatic carbocycles. The Hall–Kier alpha value is -1.64. The minimum absolute atomic E-state index is 0.396. The van der Waals surface area contributed by atoms with E-state index in [0.29, 0.717) is 6.42 Å². The van der Waals surface area contributed by atoms with Crippen LogP contribution in [0.25, 0.3) is 10.9 Å². The number of aldehydes is 1. The van der Waals surface area contributed by atoms with Gasteiger partial charge in [-0.05, 0) is 13.0 Å². The van der Waals surface area contributed by atoms with Crippen LogP contribution in [0.1, 0.15) is 12.6 Å². The van der Waals surface area contributed by atoms with Crippen molar-refractivity contribution in [2.45, 2.75) is 19.9 Å². The molecule has 2 rings (SSSR count). The molecule has 3 nitrogen and oxygen atoms in total. The van der Waals surface area contributed by atoms with Crippen LogP contribution in [0.15, 0.2) is 24.3 Å². The molecule has 1 heterocycles. The summed E-state index contributed by atoms with van der Waals surface area (Å²) in [6.45, 7) is 2.88. The second-order valence-corrected chi connectivity index (χ2v) is 3.15. The van der Waals surface area contributed by atoms with Gasteiger partial charge in [0, 0.05) is 18.4 Å². The van der Waals surface area contributed by atoms with Gasteiger partial charge in [-0.1, -0.05) is 18.2 Å². The predicted octanol–water partition coefficient (Wildman–Crippen LogP) is 1.80. The summed E-state index contributed by atoms with van der Waals surface area (Å²) >= 11 is 0. The summed E-state index contributed by atoms with van der Waals surface area (Å²) in [5.74, 6) is 0. The molecule has 0 amide bonds. The van der Waals surface area contributed by atoms with E-state index in [1.165, 1.54) is 0 Å². The van der Waals surface area contributed by atoms with Gasteiger partial charge in [0.05, 0.1) is 11.2 Å². The van der Waals surface area contributed by atoms with Crippen molar-refractivity contribution in [2.75, 3.05) is 0 Å². The minimum Gasteiger partial charge on any atom is -0.303 e. The number of benzene rings is 1. The van der Waals surface area contributed by atoms with E-state index in [-0.39, 0.29) is 0 Å². The van der Waals surface area contributed by atoms with Gasteiger partial charge in [-0.25, -0.2) is 0 Å². The minimum atomic E-state index is 0.396. The highest BCUT2D eigenvalue weighted by Gasteiger charge is 2.07. The van der Waals surface area contributed by atoms with Crippen LogP contribution in [0.4, 0.5) is 0 Å². The highest BCUT2D eigenvalue weighted by Crippen LogP contribution is 2.17. The molecular weight excluding hydrogens is 176 g/mol. The molecule has 0 unspecified atom stereocenters. The van der Waals surface area contributed by atoms with E-state index in [9.17, 15) is 4.79 Å². The van der Waals surface area contributed by atoms with Crippen LogP contribution < -0.4 is 0 Å². The lowest BCUT2D eigenvalue weighted by Gasteiger charge is -1.95. The maximum absolute atomic E-state index is 10.5. The van der Waals surface area contributed by atoms with Crippen molar-refractivity contribution in [3.05, 3.63) is 30.0 Å². The van der Waals surface area contributed by atoms with Gasteiger partial charge in [0.1, 0.15) is 6.29 Å². The number of fused-ring (bicyclic) bond motifs is 1. The van der Waals surface area contributed by atoms with E-state index in [1.54, 1.807) is 0 Å². The Kier molecular flexibility index (Phi) is 2.31. The van der Waals surface area contributed by atoms with Crippen LogP contribution in [-0.4, -0.2) is 16.1 Å². The van der Waals surface area contributed by atoms with E-state index in [4.69, 9.17) is 0 Å². The molecule has 2 aromatic rings. The van der Waals surface area contributed by atoms with Crippen molar-refractivity contribution in [1.29, 1.82) is 0 Å². The number of aryl methyl sites for hydroxylation is 1. The monoisotopic (exact) mass is 188 g/mol. The molecule has 14 heavy (non-hydrogen) atoms. The molecule has 0 fully saturated rings. The number of para-hydroxylation sites is 1. The van der Waals surface area contributed by atoms with Gasteiger partial charge in [-0.2, -0.15) is 5.10 Å². The standard InChI is InChI=1S/C11H12N2O/c1-2-13-11-6-4-3-5-9(11)10(12-13)7-8-14/h3-6,8H,2,7H2,1H3. The van der Waals surface area contributed by atoms with E-state index in [1.807, 2.05) is 35.9 Å². The Morgan fingerprint density at radius 2 is 2.21 bits per heavy atom. The lowest BCUT2D eigenvalue weighted by atomic mass is 10.2. The second-order valence-electron chi connectivity index (χ2n) is 3.15. The van der Waals surface area contributed by atoms with E-state index < -0.39 is 0 Å². The number of hydrogen-bond acceptors (Lipinski definition) is 2. The van der Waals surface area contributed by atoms with Crippen LogP contribution in [0.2, 0.25) is 0 Å².